The van der Waals surface area contributed by atoms with Crippen LogP contribution in [0.3, 0.4) is 0 Å². The van der Waals surface area contributed by atoms with Gasteiger partial charge in [-0.25, -0.2) is 0 Å². The lowest BCUT2D eigenvalue weighted by atomic mass is 9.96. The van der Waals surface area contributed by atoms with E-state index in [1.807, 2.05) is 24.3 Å². The van der Waals surface area contributed by atoms with E-state index in [0.29, 0.717) is 44.8 Å². The van der Waals surface area contributed by atoms with Gasteiger partial charge in [0, 0.05) is 43.7 Å². The van der Waals surface area contributed by atoms with Crippen molar-refractivity contribution in [1.29, 1.82) is 0 Å². The number of pyridine rings is 1. The average Bonchev–Trinajstić information content (AvgIpc) is 3.44. The highest BCUT2D eigenvalue weighted by Gasteiger charge is 2.30. The van der Waals surface area contributed by atoms with Crippen molar-refractivity contribution in [3.05, 3.63) is 47.5 Å². The highest BCUT2D eigenvalue weighted by atomic mass is 16.2. The predicted octanol–water partition coefficient (Wildman–Crippen LogP) is 1.78. The number of rotatable bonds is 7. The number of aromatic amines is 1. The van der Waals surface area contributed by atoms with Crippen LogP contribution >= 0.6 is 0 Å². The van der Waals surface area contributed by atoms with Crippen LogP contribution in [0.25, 0.3) is 0 Å². The second kappa shape index (κ2) is 7.90. The van der Waals surface area contributed by atoms with Crippen LogP contribution in [0.2, 0.25) is 0 Å². The smallest absolute Gasteiger partial charge is 0.225 e. The molecule has 0 spiro atoms. The Morgan fingerprint density at radius 2 is 2.19 bits per heavy atom. The molecule has 0 radical (unpaired) electrons. The number of aromatic nitrogens is 3. The quantitative estimate of drug-likeness (QED) is 0.780. The zero-order valence-corrected chi connectivity index (χ0v) is 15.4. The van der Waals surface area contributed by atoms with Gasteiger partial charge < -0.3 is 10.2 Å². The second-order valence-corrected chi connectivity index (χ2v) is 7.46. The summed E-state index contributed by atoms with van der Waals surface area (Å²) in [4.78, 5) is 30.8. The molecule has 2 aromatic heterocycles. The molecule has 0 aromatic carbocycles. The first-order valence-corrected chi connectivity index (χ1v) is 9.68. The number of carbonyl (C=O) groups is 2. The van der Waals surface area contributed by atoms with E-state index in [1.165, 1.54) is 12.8 Å². The first-order valence-electron chi connectivity index (χ1n) is 9.68. The molecule has 1 aliphatic heterocycles. The molecule has 2 aromatic rings. The summed E-state index contributed by atoms with van der Waals surface area (Å²) < 4.78 is 0. The Labute approximate surface area is 158 Å². The fraction of sp³-hybridized carbons (Fsp3) is 0.500. The van der Waals surface area contributed by atoms with E-state index in [0.717, 1.165) is 17.1 Å². The van der Waals surface area contributed by atoms with E-state index in [2.05, 4.69) is 20.5 Å². The average molecular weight is 367 g/mol. The Morgan fingerprint density at radius 3 is 2.96 bits per heavy atom. The molecule has 2 fully saturated rings. The minimum atomic E-state index is -0.155. The lowest BCUT2D eigenvalue weighted by Crippen LogP contribution is -2.46. The van der Waals surface area contributed by atoms with Gasteiger partial charge in [-0.3, -0.25) is 19.7 Å². The van der Waals surface area contributed by atoms with Crippen molar-refractivity contribution >= 4 is 11.8 Å². The fourth-order valence-electron chi connectivity index (χ4n) is 3.53. The number of piperidine rings is 1. The van der Waals surface area contributed by atoms with Gasteiger partial charge in [-0.2, -0.15) is 5.10 Å². The van der Waals surface area contributed by atoms with Crippen molar-refractivity contribution < 1.29 is 9.59 Å². The largest absolute Gasteiger partial charge is 0.350 e. The van der Waals surface area contributed by atoms with Crippen molar-refractivity contribution in [2.45, 2.75) is 44.6 Å². The van der Waals surface area contributed by atoms with E-state index in [-0.39, 0.29) is 17.7 Å². The summed E-state index contributed by atoms with van der Waals surface area (Å²) in [6, 6.07) is 7.82. The third-order valence-electron chi connectivity index (χ3n) is 5.33. The van der Waals surface area contributed by atoms with Crippen molar-refractivity contribution in [2.24, 2.45) is 5.92 Å². The van der Waals surface area contributed by atoms with Gasteiger partial charge >= 0.3 is 0 Å². The number of H-pyrrole nitrogens is 1. The Bertz CT molecular complexity index is 800. The molecule has 4 rings (SSSR count). The van der Waals surface area contributed by atoms with Gasteiger partial charge in [0.15, 0.2) is 0 Å². The summed E-state index contributed by atoms with van der Waals surface area (Å²) in [6.45, 7) is 1.54. The Morgan fingerprint density at radius 1 is 1.30 bits per heavy atom. The maximum absolute atomic E-state index is 12.6. The van der Waals surface area contributed by atoms with Gasteiger partial charge in [0.25, 0.3) is 0 Å². The normalized spacial score (nSPS) is 19.9. The molecule has 7 nitrogen and oxygen atoms in total. The van der Waals surface area contributed by atoms with E-state index >= 15 is 0 Å². The van der Waals surface area contributed by atoms with Gasteiger partial charge in [-0.15, -0.1) is 0 Å². The van der Waals surface area contributed by atoms with Crippen LogP contribution in [-0.2, 0) is 22.6 Å². The first kappa shape index (κ1) is 17.7. The third-order valence-corrected chi connectivity index (χ3v) is 5.33. The van der Waals surface area contributed by atoms with Crippen molar-refractivity contribution in [1.82, 2.24) is 25.4 Å². The molecule has 0 bridgehead atoms. The van der Waals surface area contributed by atoms with Gasteiger partial charge in [0.05, 0.1) is 23.9 Å². The molecule has 3 heterocycles. The summed E-state index contributed by atoms with van der Waals surface area (Å²) in [5.41, 5.74) is 3.00. The zero-order valence-electron chi connectivity index (χ0n) is 15.4. The number of carbonyl (C=O) groups excluding carboxylic acids is 2. The van der Waals surface area contributed by atoms with Crippen molar-refractivity contribution in [2.75, 3.05) is 13.1 Å². The molecule has 0 unspecified atom stereocenters. The summed E-state index contributed by atoms with van der Waals surface area (Å²) in [5, 5.41) is 10.3. The van der Waals surface area contributed by atoms with E-state index < -0.39 is 0 Å². The minimum absolute atomic E-state index is 0.00732. The van der Waals surface area contributed by atoms with E-state index in [1.54, 1.807) is 11.1 Å². The topological polar surface area (TPSA) is 91.0 Å². The number of hydrogen-bond donors (Lipinski definition) is 2. The van der Waals surface area contributed by atoms with Crippen LogP contribution in [-0.4, -0.2) is 45.0 Å². The Kier molecular flexibility index (Phi) is 5.18. The molecule has 2 N–H and O–H groups in total. The van der Waals surface area contributed by atoms with Crippen molar-refractivity contribution in [3.63, 3.8) is 0 Å². The number of likely N-dealkylation sites (tertiary alicyclic amines) is 1. The number of nitrogens with one attached hydrogen (secondary N) is 2. The summed E-state index contributed by atoms with van der Waals surface area (Å²) in [5.74, 6) is 0.575. The molecule has 2 aliphatic rings. The number of amides is 2. The number of nitrogens with zero attached hydrogens (tertiary/aromatic N) is 3. The standard InChI is InChI=1S/C20H25N5O2/c26-19-7-6-15(13-25(19)10-8-16-3-1-2-9-21-16)20(27)22-12-17-11-18(24-23-17)14-4-5-14/h1-3,9,11,14-15H,4-8,10,12-13H2,(H,22,27)(H,23,24)/t15-/m0/s1. The van der Waals surface area contributed by atoms with Crippen LogP contribution in [0.1, 0.15) is 48.7 Å². The van der Waals surface area contributed by atoms with Gasteiger partial charge in [0.1, 0.15) is 0 Å². The van der Waals surface area contributed by atoms with Gasteiger partial charge in [-0.05, 0) is 37.5 Å². The van der Waals surface area contributed by atoms with E-state index in [9.17, 15) is 9.59 Å². The summed E-state index contributed by atoms with van der Waals surface area (Å²) in [6.07, 6.45) is 5.92. The van der Waals surface area contributed by atoms with E-state index in [4.69, 9.17) is 0 Å². The molecular formula is C20H25N5O2. The molecule has 1 saturated carbocycles. The second-order valence-electron chi connectivity index (χ2n) is 7.46. The Hall–Kier alpha value is -2.70. The Balaban J connectivity index is 1.27. The summed E-state index contributed by atoms with van der Waals surface area (Å²) in [7, 11) is 0. The monoisotopic (exact) mass is 367 g/mol. The molecule has 1 aliphatic carbocycles. The third kappa shape index (κ3) is 4.53. The molecule has 2 amide bonds. The van der Waals surface area contributed by atoms with Crippen LogP contribution < -0.4 is 5.32 Å². The predicted molar refractivity (Wildman–Crippen MR) is 99.7 cm³/mol. The van der Waals surface area contributed by atoms with Crippen LogP contribution in [0, 0.1) is 5.92 Å². The molecule has 7 heteroatoms. The van der Waals surface area contributed by atoms with Crippen LogP contribution in [0.15, 0.2) is 30.5 Å². The SMILES string of the molecule is O=C(NCc1cc(C2CC2)n[nH]1)[C@H]1CCC(=O)N(CCc2ccccn2)C1. The molecule has 142 valence electrons. The minimum Gasteiger partial charge on any atom is -0.350 e. The fourth-order valence-corrected chi connectivity index (χ4v) is 3.53. The summed E-state index contributed by atoms with van der Waals surface area (Å²) >= 11 is 0. The lowest BCUT2D eigenvalue weighted by Gasteiger charge is -2.31. The molecule has 1 saturated heterocycles. The zero-order chi connectivity index (χ0) is 18.6. The van der Waals surface area contributed by atoms with Crippen molar-refractivity contribution in [3.8, 4) is 0 Å². The maximum Gasteiger partial charge on any atom is 0.225 e. The molecule has 1 atom stereocenters. The highest BCUT2D eigenvalue weighted by Crippen LogP contribution is 2.38. The highest BCUT2D eigenvalue weighted by molar-refractivity contribution is 5.83. The lowest BCUT2D eigenvalue weighted by molar-refractivity contribution is -0.138. The van der Waals surface area contributed by atoms with Crippen LogP contribution in [0.4, 0.5) is 0 Å². The molecular weight excluding hydrogens is 342 g/mol. The maximum atomic E-state index is 12.6. The number of hydrogen-bond acceptors (Lipinski definition) is 4. The van der Waals surface area contributed by atoms with Gasteiger partial charge in [0.2, 0.25) is 11.8 Å². The molecule has 27 heavy (non-hydrogen) atoms. The van der Waals surface area contributed by atoms with Gasteiger partial charge in [-0.1, -0.05) is 6.07 Å². The van der Waals surface area contributed by atoms with Crippen LogP contribution in [0.5, 0.6) is 0 Å². The first-order chi connectivity index (χ1) is 13.2.